The minimum atomic E-state index is -0.737. The van der Waals surface area contributed by atoms with E-state index in [0.717, 1.165) is 31.5 Å². The minimum absolute atomic E-state index is 0.109. The predicted molar refractivity (Wildman–Crippen MR) is 106 cm³/mol. The van der Waals surface area contributed by atoms with Crippen LogP contribution in [0.2, 0.25) is 0 Å². The summed E-state index contributed by atoms with van der Waals surface area (Å²) >= 11 is 0. The van der Waals surface area contributed by atoms with Crippen LogP contribution in [0.4, 0.5) is 4.79 Å². The zero-order chi connectivity index (χ0) is 21.0. The molecule has 3 rings (SSSR count). The molecule has 0 aliphatic carbocycles. The number of benzene rings is 1. The fourth-order valence-corrected chi connectivity index (χ4v) is 3.22. The number of aryl methyl sites for hydroxylation is 1. The van der Waals surface area contributed by atoms with E-state index in [-0.39, 0.29) is 17.2 Å². The Morgan fingerprint density at radius 3 is 2.76 bits per heavy atom. The van der Waals surface area contributed by atoms with Crippen molar-refractivity contribution in [3.63, 3.8) is 0 Å². The monoisotopic (exact) mass is 400 g/mol. The van der Waals surface area contributed by atoms with Gasteiger partial charge in [-0.15, -0.1) is 0 Å². The Balaban J connectivity index is 1.71. The maximum absolute atomic E-state index is 12.7. The van der Waals surface area contributed by atoms with Crippen molar-refractivity contribution in [2.75, 3.05) is 6.61 Å². The molecular weight excluding hydrogens is 376 g/mol. The SMILES string of the molecule is CC(C)NC(=O)NC(=O)COC(=O)c1ccc2c(=O)n3c(nc2c1)CCCCC3. The molecule has 1 aromatic carbocycles. The average molecular weight is 400 g/mol. The lowest BCUT2D eigenvalue weighted by molar-refractivity contribution is -0.123. The van der Waals surface area contributed by atoms with E-state index in [4.69, 9.17) is 4.74 Å². The van der Waals surface area contributed by atoms with Gasteiger partial charge in [0.25, 0.3) is 11.5 Å². The number of nitrogens with zero attached hydrogens (tertiary/aromatic N) is 2. The fourth-order valence-electron chi connectivity index (χ4n) is 3.22. The number of carbonyl (C=O) groups is 3. The van der Waals surface area contributed by atoms with Gasteiger partial charge >= 0.3 is 12.0 Å². The summed E-state index contributed by atoms with van der Waals surface area (Å²) in [7, 11) is 0. The van der Waals surface area contributed by atoms with Gasteiger partial charge in [-0.2, -0.15) is 0 Å². The first-order valence-corrected chi connectivity index (χ1v) is 9.66. The fraction of sp³-hybridized carbons (Fsp3) is 0.450. The van der Waals surface area contributed by atoms with Crippen molar-refractivity contribution in [3.05, 3.63) is 39.9 Å². The lowest BCUT2D eigenvalue weighted by atomic mass is 10.1. The first-order chi connectivity index (χ1) is 13.8. The minimum Gasteiger partial charge on any atom is -0.452 e. The Morgan fingerprint density at radius 2 is 2.00 bits per heavy atom. The molecule has 0 radical (unpaired) electrons. The van der Waals surface area contributed by atoms with E-state index in [1.165, 1.54) is 12.1 Å². The van der Waals surface area contributed by atoms with Gasteiger partial charge in [-0.25, -0.2) is 14.6 Å². The average Bonchev–Trinajstić information content (AvgIpc) is 2.90. The number of hydrogen-bond donors (Lipinski definition) is 2. The molecule has 2 aromatic rings. The molecule has 0 fully saturated rings. The van der Waals surface area contributed by atoms with Crippen molar-refractivity contribution in [3.8, 4) is 0 Å². The van der Waals surface area contributed by atoms with Gasteiger partial charge in [0.05, 0.1) is 16.5 Å². The van der Waals surface area contributed by atoms with Crippen molar-refractivity contribution in [1.29, 1.82) is 0 Å². The summed E-state index contributed by atoms with van der Waals surface area (Å²) in [5.41, 5.74) is 0.503. The molecule has 9 nitrogen and oxygen atoms in total. The highest BCUT2D eigenvalue weighted by Crippen LogP contribution is 2.16. The van der Waals surface area contributed by atoms with Crippen molar-refractivity contribution < 1.29 is 19.1 Å². The Morgan fingerprint density at radius 1 is 1.21 bits per heavy atom. The number of carbonyl (C=O) groups excluding carboxylic acids is 3. The first kappa shape index (κ1) is 20.5. The van der Waals surface area contributed by atoms with E-state index >= 15 is 0 Å². The number of aromatic nitrogens is 2. The second-order valence-electron chi connectivity index (χ2n) is 7.28. The number of urea groups is 1. The highest BCUT2D eigenvalue weighted by molar-refractivity contribution is 5.98. The second kappa shape index (κ2) is 8.85. The van der Waals surface area contributed by atoms with E-state index < -0.39 is 24.5 Å². The molecule has 154 valence electrons. The summed E-state index contributed by atoms with van der Waals surface area (Å²) in [5, 5.41) is 5.01. The van der Waals surface area contributed by atoms with E-state index in [9.17, 15) is 19.2 Å². The number of rotatable bonds is 4. The van der Waals surface area contributed by atoms with Crippen LogP contribution in [0.3, 0.4) is 0 Å². The van der Waals surface area contributed by atoms with Crippen molar-refractivity contribution in [2.45, 2.75) is 52.1 Å². The van der Waals surface area contributed by atoms with Gasteiger partial charge in [0.2, 0.25) is 0 Å². The molecule has 0 saturated heterocycles. The maximum Gasteiger partial charge on any atom is 0.338 e. The van der Waals surface area contributed by atoms with Crippen LogP contribution in [0.25, 0.3) is 10.9 Å². The normalized spacial score (nSPS) is 13.5. The zero-order valence-corrected chi connectivity index (χ0v) is 16.5. The molecule has 2 N–H and O–H groups in total. The Kier molecular flexibility index (Phi) is 6.26. The summed E-state index contributed by atoms with van der Waals surface area (Å²) in [6.07, 6.45) is 3.69. The number of esters is 1. The predicted octanol–water partition coefficient (Wildman–Crippen LogP) is 1.51. The summed E-state index contributed by atoms with van der Waals surface area (Å²) in [5.74, 6) is -0.747. The Bertz CT molecular complexity index is 1010. The summed E-state index contributed by atoms with van der Waals surface area (Å²) in [4.78, 5) is 52.7. The van der Waals surface area contributed by atoms with Gasteiger partial charge in [-0.3, -0.25) is 19.5 Å². The number of hydrogen-bond acceptors (Lipinski definition) is 6. The van der Waals surface area contributed by atoms with E-state index in [1.807, 2.05) is 0 Å². The largest absolute Gasteiger partial charge is 0.452 e. The van der Waals surface area contributed by atoms with Gasteiger partial charge < -0.3 is 10.1 Å². The number of nitrogens with one attached hydrogen (secondary N) is 2. The van der Waals surface area contributed by atoms with Gasteiger partial charge in [0, 0.05) is 19.0 Å². The van der Waals surface area contributed by atoms with Crippen LogP contribution in [0.1, 0.15) is 49.3 Å². The van der Waals surface area contributed by atoms with Gasteiger partial charge in [-0.05, 0) is 44.9 Å². The third-order valence-corrected chi connectivity index (χ3v) is 4.56. The zero-order valence-electron chi connectivity index (χ0n) is 16.5. The lowest BCUT2D eigenvalue weighted by Gasteiger charge is -2.11. The molecule has 29 heavy (non-hydrogen) atoms. The highest BCUT2D eigenvalue weighted by atomic mass is 16.5. The van der Waals surface area contributed by atoms with Crippen LogP contribution < -0.4 is 16.2 Å². The molecular formula is C20H24N4O5. The van der Waals surface area contributed by atoms with Crippen LogP contribution in [0, 0.1) is 0 Å². The second-order valence-corrected chi connectivity index (χ2v) is 7.28. The third-order valence-electron chi connectivity index (χ3n) is 4.56. The first-order valence-electron chi connectivity index (χ1n) is 9.66. The highest BCUT2D eigenvalue weighted by Gasteiger charge is 2.17. The number of fused-ring (bicyclic) bond motifs is 2. The smallest absolute Gasteiger partial charge is 0.338 e. The number of amides is 3. The van der Waals surface area contributed by atoms with Crippen LogP contribution in [0.15, 0.2) is 23.0 Å². The van der Waals surface area contributed by atoms with Gasteiger partial charge in [-0.1, -0.05) is 6.42 Å². The van der Waals surface area contributed by atoms with Crippen LogP contribution in [-0.2, 0) is 22.5 Å². The number of imide groups is 1. The van der Waals surface area contributed by atoms with Crippen LogP contribution in [-0.4, -0.2) is 40.1 Å². The molecule has 0 spiro atoms. The lowest BCUT2D eigenvalue weighted by Crippen LogP contribution is -2.44. The molecule has 2 heterocycles. The maximum atomic E-state index is 12.7. The van der Waals surface area contributed by atoms with Crippen molar-refractivity contribution >= 4 is 28.8 Å². The molecule has 1 aliphatic rings. The van der Waals surface area contributed by atoms with E-state index in [1.54, 1.807) is 24.5 Å². The van der Waals surface area contributed by atoms with E-state index in [2.05, 4.69) is 15.6 Å². The van der Waals surface area contributed by atoms with Crippen molar-refractivity contribution in [1.82, 2.24) is 20.2 Å². The van der Waals surface area contributed by atoms with Gasteiger partial charge in [0.1, 0.15) is 5.82 Å². The Labute approximate surface area is 167 Å². The molecule has 0 unspecified atom stereocenters. The molecule has 0 bridgehead atoms. The number of ether oxygens (including phenoxy) is 1. The topological polar surface area (TPSA) is 119 Å². The van der Waals surface area contributed by atoms with Gasteiger partial charge in [0.15, 0.2) is 6.61 Å². The van der Waals surface area contributed by atoms with Crippen molar-refractivity contribution in [2.24, 2.45) is 0 Å². The summed E-state index contributed by atoms with van der Waals surface area (Å²) in [6.45, 7) is 3.56. The standard InChI is InChI=1S/C20H24N4O5/c1-12(2)21-20(28)23-17(25)11-29-19(27)13-7-8-14-15(10-13)22-16-6-4-3-5-9-24(16)18(14)26/h7-8,10,12H,3-6,9,11H2,1-2H3,(H2,21,23,25,28). The molecule has 0 atom stereocenters. The molecule has 1 aromatic heterocycles. The molecule has 3 amide bonds. The molecule has 9 heteroatoms. The summed E-state index contributed by atoms with van der Waals surface area (Å²) < 4.78 is 6.67. The van der Waals surface area contributed by atoms with E-state index in [0.29, 0.717) is 17.4 Å². The molecule has 0 saturated carbocycles. The molecule has 1 aliphatic heterocycles. The Hall–Kier alpha value is -3.23. The summed E-state index contributed by atoms with van der Waals surface area (Å²) in [6, 6.07) is 3.73. The third kappa shape index (κ3) is 4.98. The van der Waals surface area contributed by atoms with Crippen LogP contribution in [0.5, 0.6) is 0 Å². The quantitative estimate of drug-likeness (QED) is 0.751. The van der Waals surface area contributed by atoms with Crippen LogP contribution >= 0.6 is 0 Å².